The lowest BCUT2D eigenvalue weighted by Gasteiger charge is -2.16. The summed E-state index contributed by atoms with van der Waals surface area (Å²) in [6.07, 6.45) is 3.77. The van der Waals surface area contributed by atoms with E-state index >= 15 is 0 Å². The van der Waals surface area contributed by atoms with Gasteiger partial charge in [-0.2, -0.15) is 5.10 Å². The van der Waals surface area contributed by atoms with Gasteiger partial charge in [0.05, 0.1) is 27.3 Å². The Hall–Kier alpha value is -3.68. The van der Waals surface area contributed by atoms with E-state index < -0.39 is 11.9 Å². The number of carbonyl (C=O) groups is 2. The largest absolute Gasteiger partial charge is 0.368 e. The van der Waals surface area contributed by atoms with Gasteiger partial charge in [0.25, 0.3) is 0 Å². The number of hydrogen-bond donors (Lipinski definition) is 2. The molecule has 3 atom stereocenters. The Balaban J connectivity index is 1.48. The SMILES string of the molecule is CC1(C)C(C(=O)N[C@@H](Cc2ccccc2)C(N)=O)[C@@H]1c1cc(-c2cccnc2)nn1-c1ccc(Cl)c(Cl)c1. The number of benzene rings is 2. The summed E-state index contributed by atoms with van der Waals surface area (Å²) in [6, 6.07) is 19.7. The summed E-state index contributed by atoms with van der Waals surface area (Å²) in [6.45, 7) is 4.07. The molecule has 9 heteroatoms. The fourth-order valence-corrected chi connectivity index (χ4v) is 5.40. The highest BCUT2D eigenvalue weighted by atomic mass is 35.5. The van der Waals surface area contributed by atoms with Crippen LogP contribution in [0.3, 0.4) is 0 Å². The third-order valence-electron chi connectivity index (χ3n) is 7.21. The van der Waals surface area contributed by atoms with Crippen molar-refractivity contribution < 1.29 is 9.59 Å². The van der Waals surface area contributed by atoms with Gasteiger partial charge < -0.3 is 11.1 Å². The van der Waals surface area contributed by atoms with Crippen molar-refractivity contribution in [1.29, 1.82) is 0 Å². The van der Waals surface area contributed by atoms with E-state index in [2.05, 4.69) is 10.3 Å². The molecule has 0 saturated heterocycles. The van der Waals surface area contributed by atoms with E-state index in [0.717, 1.165) is 28.2 Å². The normalized spacial score (nSPS) is 18.5. The van der Waals surface area contributed by atoms with Crippen LogP contribution in [0.15, 0.2) is 79.1 Å². The Morgan fingerprint density at radius 2 is 1.82 bits per heavy atom. The molecule has 1 saturated carbocycles. The molecular weight excluding hydrogens is 521 g/mol. The number of nitrogens with zero attached hydrogens (tertiary/aromatic N) is 3. The molecule has 0 spiro atoms. The zero-order valence-electron chi connectivity index (χ0n) is 20.9. The Labute approximate surface area is 231 Å². The highest BCUT2D eigenvalue weighted by Crippen LogP contribution is 2.65. The maximum Gasteiger partial charge on any atom is 0.240 e. The van der Waals surface area contributed by atoms with E-state index in [0.29, 0.717) is 16.5 Å². The average molecular weight is 548 g/mol. The van der Waals surface area contributed by atoms with Gasteiger partial charge in [0.2, 0.25) is 11.8 Å². The molecule has 0 aliphatic heterocycles. The summed E-state index contributed by atoms with van der Waals surface area (Å²) < 4.78 is 1.81. The first-order valence-electron chi connectivity index (χ1n) is 12.3. The fourth-order valence-electron chi connectivity index (χ4n) is 5.11. The highest BCUT2D eigenvalue weighted by Gasteiger charge is 2.63. The second-order valence-electron chi connectivity index (χ2n) is 10.1. The number of amides is 2. The predicted molar refractivity (Wildman–Crippen MR) is 148 cm³/mol. The van der Waals surface area contributed by atoms with Crippen molar-refractivity contribution in [1.82, 2.24) is 20.1 Å². The van der Waals surface area contributed by atoms with Crippen LogP contribution in [0.1, 0.15) is 31.0 Å². The maximum atomic E-state index is 13.5. The summed E-state index contributed by atoms with van der Waals surface area (Å²) in [7, 11) is 0. The van der Waals surface area contributed by atoms with Gasteiger partial charge in [0.15, 0.2) is 0 Å². The monoisotopic (exact) mass is 547 g/mol. The van der Waals surface area contributed by atoms with Gasteiger partial charge in [0.1, 0.15) is 6.04 Å². The summed E-state index contributed by atoms with van der Waals surface area (Å²) in [4.78, 5) is 30.0. The molecule has 5 rings (SSSR count). The van der Waals surface area contributed by atoms with E-state index in [1.807, 2.05) is 68.4 Å². The molecule has 0 bridgehead atoms. The van der Waals surface area contributed by atoms with Crippen LogP contribution in [0.25, 0.3) is 16.9 Å². The average Bonchev–Trinajstić information content (AvgIpc) is 3.24. The molecule has 1 unspecified atom stereocenters. The molecule has 0 radical (unpaired) electrons. The van der Waals surface area contributed by atoms with Crippen molar-refractivity contribution in [2.45, 2.75) is 32.2 Å². The second-order valence-corrected chi connectivity index (χ2v) is 11.0. The minimum absolute atomic E-state index is 0.167. The molecule has 2 aromatic carbocycles. The number of carbonyl (C=O) groups excluding carboxylic acids is 2. The second kappa shape index (κ2) is 10.2. The third kappa shape index (κ3) is 5.04. The van der Waals surface area contributed by atoms with Crippen LogP contribution >= 0.6 is 23.2 Å². The summed E-state index contributed by atoms with van der Waals surface area (Å²) in [5, 5.41) is 8.61. The van der Waals surface area contributed by atoms with E-state index in [9.17, 15) is 9.59 Å². The van der Waals surface area contributed by atoms with E-state index in [-0.39, 0.29) is 23.2 Å². The minimum atomic E-state index is -0.812. The minimum Gasteiger partial charge on any atom is -0.368 e. The lowest BCUT2D eigenvalue weighted by atomic mass is 10.0. The molecule has 1 aliphatic carbocycles. The number of hydrogen-bond acceptors (Lipinski definition) is 4. The van der Waals surface area contributed by atoms with Crippen LogP contribution in [-0.4, -0.2) is 32.6 Å². The number of primary amides is 1. The van der Waals surface area contributed by atoms with Gasteiger partial charge in [-0.3, -0.25) is 14.6 Å². The van der Waals surface area contributed by atoms with Crippen molar-refractivity contribution in [3.63, 3.8) is 0 Å². The maximum absolute atomic E-state index is 13.5. The Morgan fingerprint density at radius 1 is 1.05 bits per heavy atom. The molecule has 2 aromatic heterocycles. The Morgan fingerprint density at radius 3 is 2.47 bits per heavy atom. The van der Waals surface area contributed by atoms with Crippen molar-refractivity contribution in [2.75, 3.05) is 0 Å². The van der Waals surface area contributed by atoms with Gasteiger partial charge in [-0.15, -0.1) is 0 Å². The van der Waals surface area contributed by atoms with Gasteiger partial charge in [0, 0.05) is 36.0 Å². The standard InChI is InChI=1S/C29H27Cl2N5O2/c1-29(2)25(26(29)28(38)34-23(27(32)37)13-17-7-4-3-5-8-17)24-15-22(18-9-6-12-33-16-18)35-36(24)19-10-11-20(30)21(31)14-19/h3-12,14-16,23,25-26H,13H2,1-2H3,(H2,32,37)(H,34,38)/t23-,25-,26?/m0/s1. The topological polar surface area (TPSA) is 103 Å². The van der Waals surface area contributed by atoms with E-state index in [1.165, 1.54) is 0 Å². The molecule has 38 heavy (non-hydrogen) atoms. The first kappa shape index (κ1) is 25.9. The van der Waals surface area contributed by atoms with Crippen LogP contribution in [-0.2, 0) is 16.0 Å². The van der Waals surface area contributed by atoms with E-state index in [4.69, 9.17) is 34.0 Å². The van der Waals surface area contributed by atoms with Crippen LogP contribution in [0.2, 0.25) is 10.0 Å². The predicted octanol–water partition coefficient (Wildman–Crippen LogP) is 5.19. The van der Waals surface area contributed by atoms with E-state index in [1.54, 1.807) is 29.2 Å². The third-order valence-corrected chi connectivity index (χ3v) is 7.95. The highest BCUT2D eigenvalue weighted by molar-refractivity contribution is 6.42. The van der Waals surface area contributed by atoms with Crippen molar-refractivity contribution in [3.05, 3.63) is 100 Å². The molecule has 4 aromatic rings. The molecule has 3 N–H and O–H groups in total. The molecular formula is C29H27Cl2N5O2. The number of nitrogens with two attached hydrogens (primary N) is 1. The zero-order valence-corrected chi connectivity index (χ0v) is 22.4. The summed E-state index contributed by atoms with van der Waals surface area (Å²) >= 11 is 12.5. The first-order chi connectivity index (χ1) is 18.2. The Kier molecular flexibility index (Phi) is 6.99. The molecule has 2 amide bonds. The molecule has 1 fully saturated rings. The Bertz CT molecular complexity index is 1490. The molecule has 1 aliphatic rings. The number of nitrogens with one attached hydrogen (secondary N) is 1. The van der Waals surface area contributed by atoms with Crippen molar-refractivity contribution in [3.8, 4) is 16.9 Å². The lowest BCUT2D eigenvalue weighted by Crippen LogP contribution is -2.46. The number of pyridine rings is 1. The van der Waals surface area contributed by atoms with Gasteiger partial charge in [-0.25, -0.2) is 4.68 Å². The number of halogens is 2. The lowest BCUT2D eigenvalue weighted by molar-refractivity contribution is -0.128. The number of aromatic nitrogens is 3. The van der Waals surface area contributed by atoms with Gasteiger partial charge in [-0.1, -0.05) is 67.4 Å². The van der Waals surface area contributed by atoms with Gasteiger partial charge in [-0.05, 0) is 47.4 Å². The fraction of sp³-hybridized carbons (Fsp3) is 0.241. The smallest absolute Gasteiger partial charge is 0.240 e. The molecule has 7 nitrogen and oxygen atoms in total. The van der Waals surface area contributed by atoms with Crippen LogP contribution in [0.4, 0.5) is 0 Å². The van der Waals surface area contributed by atoms with Crippen LogP contribution < -0.4 is 11.1 Å². The zero-order chi connectivity index (χ0) is 27.0. The van der Waals surface area contributed by atoms with Gasteiger partial charge >= 0.3 is 0 Å². The van der Waals surface area contributed by atoms with Crippen molar-refractivity contribution in [2.24, 2.45) is 17.1 Å². The van der Waals surface area contributed by atoms with Crippen molar-refractivity contribution >= 4 is 35.0 Å². The quantitative estimate of drug-likeness (QED) is 0.316. The first-order valence-corrected chi connectivity index (χ1v) is 13.0. The van der Waals surface area contributed by atoms with Crippen LogP contribution in [0, 0.1) is 11.3 Å². The molecule has 194 valence electrons. The number of rotatable bonds is 8. The molecule has 2 heterocycles. The summed E-state index contributed by atoms with van der Waals surface area (Å²) in [5.41, 5.74) is 9.35. The summed E-state index contributed by atoms with van der Waals surface area (Å²) in [5.74, 6) is -1.35. The van der Waals surface area contributed by atoms with Crippen LogP contribution in [0.5, 0.6) is 0 Å².